The minimum absolute atomic E-state index is 0.0841. The van der Waals surface area contributed by atoms with E-state index in [0.29, 0.717) is 5.02 Å². The van der Waals surface area contributed by atoms with Gasteiger partial charge in [-0.05, 0) is 13.0 Å². The first-order valence-electron chi connectivity index (χ1n) is 4.37. The molecule has 1 aromatic rings. The van der Waals surface area contributed by atoms with Crippen molar-refractivity contribution in [1.29, 1.82) is 0 Å². The zero-order valence-corrected chi connectivity index (χ0v) is 8.99. The van der Waals surface area contributed by atoms with Gasteiger partial charge in [0.05, 0.1) is 11.8 Å². The second-order valence-corrected chi connectivity index (χ2v) is 3.39. The molecule has 0 saturated carbocycles. The molecule has 0 aromatic heterocycles. The van der Waals surface area contributed by atoms with Gasteiger partial charge >= 0.3 is 5.97 Å². The maximum Gasteiger partial charge on any atom is 0.334 e. The van der Waals surface area contributed by atoms with Gasteiger partial charge in [-0.2, -0.15) is 0 Å². The van der Waals surface area contributed by atoms with E-state index in [4.69, 9.17) is 21.4 Å². The van der Waals surface area contributed by atoms with Gasteiger partial charge in [0.15, 0.2) is 0 Å². The first-order valence-corrected chi connectivity index (χ1v) is 4.75. The van der Waals surface area contributed by atoms with Crippen molar-refractivity contribution >= 4 is 17.6 Å². The number of esters is 1. The van der Waals surface area contributed by atoms with Crippen LogP contribution in [0.1, 0.15) is 12.5 Å². The summed E-state index contributed by atoms with van der Waals surface area (Å²) in [6, 6.07) is 7.09. The van der Waals surface area contributed by atoms with Crippen molar-refractivity contribution in [3.8, 4) is 0 Å². The largest absolute Gasteiger partial charge is 0.512 e. The fraction of sp³-hybridized carbons (Fsp3) is 0.182. The Kier molecular flexibility index (Phi) is 4.18. The average Bonchev–Trinajstić information content (AvgIpc) is 2.15. The quantitative estimate of drug-likeness (QED) is 0.490. The molecule has 0 unspecified atom stereocenters. The molecular formula is C11H11ClO3. The molecule has 15 heavy (non-hydrogen) atoms. The van der Waals surface area contributed by atoms with Crippen LogP contribution in [0.3, 0.4) is 0 Å². The van der Waals surface area contributed by atoms with E-state index in [1.807, 2.05) is 6.07 Å². The van der Waals surface area contributed by atoms with Crippen molar-refractivity contribution in [2.45, 2.75) is 13.5 Å². The number of carbonyl (C=O) groups is 1. The van der Waals surface area contributed by atoms with Gasteiger partial charge < -0.3 is 9.84 Å². The van der Waals surface area contributed by atoms with Crippen LogP contribution in [0.15, 0.2) is 36.1 Å². The Morgan fingerprint density at radius 3 is 2.80 bits per heavy atom. The third kappa shape index (κ3) is 4.04. The van der Waals surface area contributed by atoms with Crippen LogP contribution < -0.4 is 0 Å². The van der Waals surface area contributed by atoms with Crippen molar-refractivity contribution in [2.24, 2.45) is 0 Å². The van der Waals surface area contributed by atoms with Crippen molar-refractivity contribution in [3.05, 3.63) is 46.7 Å². The van der Waals surface area contributed by atoms with E-state index >= 15 is 0 Å². The second kappa shape index (κ2) is 5.41. The van der Waals surface area contributed by atoms with Gasteiger partial charge in [-0.25, -0.2) is 4.79 Å². The van der Waals surface area contributed by atoms with E-state index in [1.165, 1.54) is 6.92 Å². The number of ether oxygens (including phenoxy) is 1. The summed E-state index contributed by atoms with van der Waals surface area (Å²) in [6.07, 6.45) is 1.01. The Hall–Kier alpha value is -1.48. The predicted molar refractivity (Wildman–Crippen MR) is 57.6 cm³/mol. The molecule has 3 nitrogen and oxygen atoms in total. The topological polar surface area (TPSA) is 46.5 Å². The highest BCUT2D eigenvalue weighted by Crippen LogP contribution is 2.15. The van der Waals surface area contributed by atoms with Crippen LogP contribution in [0.4, 0.5) is 0 Å². The van der Waals surface area contributed by atoms with Crippen molar-refractivity contribution in [2.75, 3.05) is 0 Å². The number of allylic oxidation sites excluding steroid dienone is 1. The maximum absolute atomic E-state index is 11.0. The van der Waals surface area contributed by atoms with Gasteiger partial charge in [-0.3, -0.25) is 0 Å². The van der Waals surface area contributed by atoms with E-state index in [-0.39, 0.29) is 12.4 Å². The molecule has 0 atom stereocenters. The van der Waals surface area contributed by atoms with Gasteiger partial charge in [0.25, 0.3) is 0 Å². The Morgan fingerprint density at radius 2 is 2.20 bits per heavy atom. The molecule has 4 heteroatoms. The Morgan fingerprint density at radius 1 is 1.53 bits per heavy atom. The average molecular weight is 227 g/mol. The third-order valence-corrected chi connectivity index (χ3v) is 2.02. The molecular weight excluding hydrogens is 216 g/mol. The molecule has 0 aliphatic carbocycles. The summed E-state index contributed by atoms with van der Waals surface area (Å²) in [6.45, 7) is 1.50. The fourth-order valence-electron chi connectivity index (χ4n) is 0.977. The number of rotatable bonds is 3. The standard InChI is InChI=1S/C11H11ClO3/c1-8(13)6-11(14)15-7-9-4-2-3-5-10(9)12/h2-6,13H,7H2,1H3/b8-6-. The van der Waals surface area contributed by atoms with Crippen LogP contribution in [0.25, 0.3) is 0 Å². The first kappa shape index (κ1) is 11.6. The van der Waals surface area contributed by atoms with Crippen LogP contribution >= 0.6 is 11.6 Å². The SMILES string of the molecule is C/C(O)=C/C(=O)OCc1ccccc1Cl. The smallest absolute Gasteiger partial charge is 0.334 e. The molecule has 0 bridgehead atoms. The van der Waals surface area contributed by atoms with Crippen molar-refractivity contribution < 1.29 is 14.6 Å². The molecule has 0 fully saturated rings. The van der Waals surface area contributed by atoms with E-state index in [1.54, 1.807) is 18.2 Å². The molecule has 80 valence electrons. The minimum atomic E-state index is -0.588. The number of halogens is 1. The molecule has 0 heterocycles. The number of aliphatic hydroxyl groups is 1. The van der Waals surface area contributed by atoms with Gasteiger partial charge in [0, 0.05) is 10.6 Å². The molecule has 0 saturated heterocycles. The number of benzene rings is 1. The van der Waals surface area contributed by atoms with Crippen LogP contribution in [-0.2, 0) is 16.1 Å². The lowest BCUT2D eigenvalue weighted by Crippen LogP contribution is -2.02. The first-order chi connectivity index (χ1) is 7.09. The summed E-state index contributed by atoms with van der Waals surface area (Å²) < 4.78 is 4.86. The second-order valence-electron chi connectivity index (χ2n) is 2.98. The number of carbonyl (C=O) groups excluding carboxylic acids is 1. The lowest BCUT2D eigenvalue weighted by molar-refractivity contribution is -0.139. The lowest BCUT2D eigenvalue weighted by atomic mass is 10.2. The Bertz CT molecular complexity index is 381. The van der Waals surface area contributed by atoms with Gasteiger partial charge in [0.2, 0.25) is 0 Å². The van der Waals surface area contributed by atoms with E-state index in [0.717, 1.165) is 11.6 Å². The molecule has 1 aromatic carbocycles. The van der Waals surface area contributed by atoms with Gasteiger partial charge in [-0.15, -0.1) is 0 Å². The zero-order chi connectivity index (χ0) is 11.3. The molecule has 0 aliphatic rings. The summed E-state index contributed by atoms with van der Waals surface area (Å²) >= 11 is 5.86. The number of hydrogen-bond acceptors (Lipinski definition) is 3. The monoisotopic (exact) mass is 226 g/mol. The van der Waals surface area contributed by atoms with E-state index in [9.17, 15) is 4.79 Å². The van der Waals surface area contributed by atoms with Crippen molar-refractivity contribution in [3.63, 3.8) is 0 Å². The predicted octanol–water partition coefficient (Wildman–Crippen LogP) is 2.85. The maximum atomic E-state index is 11.0. The van der Waals surface area contributed by atoms with Gasteiger partial charge in [-0.1, -0.05) is 29.8 Å². The summed E-state index contributed by atoms with van der Waals surface area (Å²) in [5.41, 5.74) is 0.733. The van der Waals surface area contributed by atoms with Crippen LogP contribution in [0.2, 0.25) is 5.02 Å². The van der Waals surface area contributed by atoms with E-state index in [2.05, 4.69) is 0 Å². The molecule has 1 N–H and O–H groups in total. The summed E-state index contributed by atoms with van der Waals surface area (Å²) in [5, 5.41) is 9.36. The lowest BCUT2D eigenvalue weighted by Gasteiger charge is -2.03. The van der Waals surface area contributed by atoms with Crippen LogP contribution in [0, 0.1) is 0 Å². The summed E-state index contributed by atoms with van der Waals surface area (Å²) in [7, 11) is 0. The Balaban J connectivity index is 2.55. The highest BCUT2D eigenvalue weighted by molar-refractivity contribution is 6.31. The molecule has 0 spiro atoms. The normalized spacial score (nSPS) is 11.2. The minimum Gasteiger partial charge on any atom is -0.512 e. The molecule has 0 radical (unpaired) electrons. The Labute approximate surface area is 92.9 Å². The van der Waals surface area contributed by atoms with E-state index < -0.39 is 5.97 Å². The fourth-order valence-corrected chi connectivity index (χ4v) is 1.17. The molecule has 1 rings (SSSR count). The number of aliphatic hydroxyl groups excluding tert-OH is 1. The molecule has 0 aliphatic heterocycles. The summed E-state index contributed by atoms with van der Waals surface area (Å²) in [5.74, 6) is -0.672. The molecule has 0 amide bonds. The zero-order valence-electron chi connectivity index (χ0n) is 8.24. The third-order valence-electron chi connectivity index (χ3n) is 1.65. The highest BCUT2D eigenvalue weighted by atomic mass is 35.5. The van der Waals surface area contributed by atoms with Crippen LogP contribution in [-0.4, -0.2) is 11.1 Å². The summed E-state index contributed by atoms with van der Waals surface area (Å²) in [4.78, 5) is 11.0. The van der Waals surface area contributed by atoms with Gasteiger partial charge in [0.1, 0.15) is 6.61 Å². The van der Waals surface area contributed by atoms with Crippen molar-refractivity contribution in [1.82, 2.24) is 0 Å². The van der Waals surface area contributed by atoms with Crippen LogP contribution in [0.5, 0.6) is 0 Å². The number of hydrogen-bond donors (Lipinski definition) is 1. The highest BCUT2D eigenvalue weighted by Gasteiger charge is 2.02.